The van der Waals surface area contributed by atoms with Gasteiger partial charge in [0.05, 0.1) is 7.11 Å². The highest BCUT2D eigenvalue weighted by atomic mass is 16.5. The minimum Gasteiger partial charge on any atom is -0.489 e. The first-order valence-electron chi connectivity index (χ1n) is 9.61. The van der Waals surface area contributed by atoms with Gasteiger partial charge in [-0.15, -0.1) is 0 Å². The molecule has 7 heteroatoms. The predicted octanol–water partition coefficient (Wildman–Crippen LogP) is 4.12. The van der Waals surface area contributed by atoms with Gasteiger partial charge in [0.1, 0.15) is 12.4 Å². The fourth-order valence-corrected chi connectivity index (χ4v) is 2.67. The predicted molar refractivity (Wildman–Crippen MR) is 116 cm³/mol. The number of nitrogens with one attached hydrogen (secondary N) is 2. The summed E-state index contributed by atoms with van der Waals surface area (Å²) < 4.78 is 10.9. The number of hydrazine groups is 1. The van der Waals surface area contributed by atoms with Gasteiger partial charge in [0.25, 0.3) is 5.91 Å². The van der Waals surface area contributed by atoms with Gasteiger partial charge in [-0.2, -0.15) is 4.98 Å². The Kier molecular flexibility index (Phi) is 6.51. The molecular weight excluding hydrogens is 380 g/mol. The van der Waals surface area contributed by atoms with Gasteiger partial charge < -0.3 is 9.47 Å². The Balaban J connectivity index is 1.52. The van der Waals surface area contributed by atoms with Crippen molar-refractivity contribution in [3.63, 3.8) is 0 Å². The van der Waals surface area contributed by atoms with Crippen molar-refractivity contribution in [3.05, 3.63) is 77.5 Å². The van der Waals surface area contributed by atoms with Gasteiger partial charge in [-0.05, 0) is 40.8 Å². The summed E-state index contributed by atoms with van der Waals surface area (Å²) in [4.78, 5) is 20.4. The van der Waals surface area contributed by atoms with E-state index in [9.17, 15) is 4.79 Å². The van der Waals surface area contributed by atoms with Crippen LogP contribution in [0.15, 0.2) is 60.8 Å². The highest BCUT2D eigenvalue weighted by Crippen LogP contribution is 2.24. The average molecular weight is 406 g/mol. The minimum absolute atomic E-state index is 0.114. The summed E-state index contributed by atoms with van der Waals surface area (Å²) in [5, 5.41) is 0. The second-order valence-corrected chi connectivity index (χ2v) is 7.76. The van der Waals surface area contributed by atoms with Crippen LogP contribution in [0.2, 0.25) is 0 Å². The van der Waals surface area contributed by atoms with Gasteiger partial charge >= 0.3 is 0 Å². The van der Waals surface area contributed by atoms with E-state index in [1.165, 1.54) is 18.9 Å². The molecule has 0 spiro atoms. The number of ether oxygens (including phenoxy) is 2. The normalized spacial score (nSPS) is 10.9. The van der Waals surface area contributed by atoms with Gasteiger partial charge in [-0.3, -0.25) is 15.6 Å². The van der Waals surface area contributed by atoms with Crippen LogP contribution in [0, 0.1) is 0 Å². The molecule has 3 aromatic rings. The summed E-state index contributed by atoms with van der Waals surface area (Å²) in [5.41, 5.74) is 8.08. The molecule has 2 aromatic carbocycles. The van der Waals surface area contributed by atoms with E-state index in [1.54, 1.807) is 18.2 Å². The average Bonchev–Trinajstić information content (AvgIpc) is 2.76. The molecule has 0 bridgehead atoms. The highest BCUT2D eigenvalue weighted by molar-refractivity contribution is 5.94. The van der Waals surface area contributed by atoms with Gasteiger partial charge in [0.2, 0.25) is 11.8 Å². The van der Waals surface area contributed by atoms with Gasteiger partial charge in [-0.1, -0.05) is 45.0 Å². The van der Waals surface area contributed by atoms with Gasteiger partial charge in [0, 0.05) is 17.8 Å². The molecule has 1 amide bonds. The summed E-state index contributed by atoms with van der Waals surface area (Å²) >= 11 is 0. The van der Waals surface area contributed by atoms with Crippen molar-refractivity contribution in [2.24, 2.45) is 0 Å². The lowest BCUT2D eigenvalue weighted by molar-refractivity contribution is 0.0962. The lowest BCUT2D eigenvalue weighted by Gasteiger charge is -2.19. The molecular formula is C23H26N4O3. The van der Waals surface area contributed by atoms with Crippen molar-refractivity contribution in [2.45, 2.75) is 32.8 Å². The number of benzene rings is 2. The molecule has 30 heavy (non-hydrogen) atoms. The number of anilines is 1. The van der Waals surface area contributed by atoms with Crippen LogP contribution < -0.4 is 20.3 Å². The molecule has 0 radical (unpaired) electrons. The molecule has 2 N–H and O–H groups in total. The van der Waals surface area contributed by atoms with Crippen LogP contribution in [0.25, 0.3) is 0 Å². The Hall–Kier alpha value is -3.61. The summed E-state index contributed by atoms with van der Waals surface area (Å²) in [5.74, 6) is 1.16. The molecule has 0 unspecified atom stereocenters. The highest BCUT2D eigenvalue weighted by Gasteiger charge is 2.13. The maximum atomic E-state index is 12.3. The number of amides is 1. The molecule has 0 atom stereocenters. The van der Waals surface area contributed by atoms with Crippen LogP contribution in [0.4, 0.5) is 5.95 Å². The number of rotatable bonds is 7. The molecule has 0 aliphatic carbocycles. The van der Waals surface area contributed by atoms with Crippen molar-refractivity contribution in [3.8, 4) is 11.6 Å². The lowest BCUT2D eigenvalue weighted by Crippen LogP contribution is -2.30. The third kappa shape index (κ3) is 5.70. The largest absolute Gasteiger partial charge is 0.489 e. The second-order valence-electron chi connectivity index (χ2n) is 7.76. The van der Waals surface area contributed by atoms with Crippen molar-refractivity contribution in [1.82, 2.24) is 15.4 Å². The number of hydrogen-bond acceptors (Lipinski definition) is 6. The number of carbonyl (C=O) groups is 1. The Bertz CT molecular complexity index is 981. The summed E-state index contributed by atoms with van der Waals surface area (Å²) in [6.45, 7) is 6.96. The van der Waals surface area contributed by atoms with Crippen molar-refractivity contribution in [2.75, 3.05) is 12.5 Å². The number of aromatic nitrogens is 2. The Morgan fingerprint density at radius 1 is 1.00 bits per heavy atom. The van der Waals surface area contributed by atoms with E-state index < -0.39 is 0 Å². The van der Waals surface area contributed by atoms with Crippen LogP contribution >= 0.6 is 0 Å². The van der Waals surface area contributed by atoms with E-state index >= 15 is 0 Å². The number of nitrogens with zero attached hydrogens (tertiary/aromatic N) is 2. The summed E-state index contributed by atoms with van der Waals surface area (Å²) in [7, 11) is 1.51. The first kappa shape index (κ1) is 21.1. The molecule has 0 aliphatic heterocycles. The van der Waals surface area contributed by atoms with Crippen LogP contribution in [-0.2, 0) is 12.0 Å². The third-order valence-electron chi connectivity index (χ3n) is 4.47. The smallest absolute Gasteiger partial charge is 0.269 e. The molecule has 3 rings (SSSR count). The quantitative estimate of drug-likeness (QED) is 0.574. The van der Waals surface area contributed by atoms with Crippen molar-refractivity contribution < 1.29 is 14.3 Å². The Morgan fingerprint density at radius 2 is 1.70 bits per heavy atom. The SMILES string of the molecule is COc1ccnc(NNC(=O)c2ccc(COc3ccc(C(C)(C)C)cc3)cc2)n1. The third-order valence-corrected chi connectivity index (χ3v) is 4.47. The van der Waals surface area contributed by atoms with Crippen LogP contribution in [0.5, 0.6) is 11.6 Å². The standard InChI is InChI=1S/C23H26N4O3/c1-23(2,3)18-9-11-19(12-10-18)30-15-16-5-7-17(8-6-16)21(28)26-27-22-24-14-13-20(25-22)29-4/h5-14H,15H2,1-4H3,(H,26,28)(H,24,25,27). The molecule has 1 aromatic heterocycles. The van der Waals surface area contributed by atoms with Gasteiger partial charge in [-0.25, -0.2) is 4.98 Å². The molecule has 7 nitrogen and oxygen atoms in total. The summed E-state index contributed by atoms with van der Waals surface area (Å²) in [6, 6.07) is 17.0. The number of methoxy groups -OCH3 is 1. The Morgan fingerprint density at radius 3 is 2.33 bits per heavy atom. The van der Waals surface area contributed by atoms with Crippen molar-refractivity contribution >= 4 is 11.9 Å². The molecule has 0 fully saturated rings. The van der Waals surface area contributed by atoms with Crippen LogP contribution in [0.1, 0.15) is 42.3 Å². The van der Waals surface area contributed by atoms with E-state index in [0.29, 0.717) is 18.1 Å². The molecule has 156 valence electrons. The first-order chi connectivity index (χ1) is 14.3. The van der Waals surface area contributed by atoms with Gasteiger partial charge in [0.15, 0.2) is 0 Å². The second kappa shape index (κ2) is 9.26. The zero-order valence-electron chi connectivity index (χ0n) is 17.6. The first-order valence-corrected chi connectivity index (χ1v) is 9.61. The van der Waals surface area contributed by atoms with Crippen molar-refractivity contribution in [1.29, 1.82) is 0 Å². The fourth-order valence-electron chi connectivity index (χ4n) is 2.67. The van der Waals surface area contributed by atoms with E-state index in [4.69, 9.17) is 9.47 Å². The molecule has 1 heterocycles. The maximum absolute atomic E-state index is 12.3. The fraction of sp³-hybridized carbons (Fsp3) is 0.261. The molecule has 0 aliphatic rings. The zero-order chi connectivity index (χ0) is 21.6. The van der Waals surface area contributed by atoms with Crippen LogP contribution in [-0.4, -0.2) is 23.0 Å². The van der Waals surface area contributed by atoms with E-state index in [2.05, 4.69) is 53.7 Å². The van der Waals surface area contributed by atoms with Crippen LogP contribution in [0.3, 0.4) is 0 Å². The van der Waals surface area contributed by atoms with E-state index in [0.717, 1.165) is 11.3 Å². The lowest BCUT2D eigenvalue weighted by atomic mass is 9.87. The minimum atomic E-state index is -0.299. The van der Waals surface area contributed by atoms with E-state index in [-0.39, 0.29) is 17.3 Å². The van der Waals surface area contributed by atoms with E-state index in [1.807, 2.05) is 24.3 Å². The monoisotopic (exact) mass is 406 g/mol. The topological polar surface area (TPSA) is 85.4 Å². The summed E-state index contributed by atoms with van der Waals surface area (Å²) in [6.07, 6.45) is 1.53. The maximum Gasteiger partial charge on any atom is 0.269 e. The number of carbonyl (C=O) groups excluding carboxylic acids is 1. The molecule has 0 saturated carbocycles. The zero-order valence-corrected chi connectivity index (χ0v) is 17.6. The number of hydrogen-bond donors (Lipinski definition) is 2. The molecule has 0 saturated heterocycles. The Labute approximate surface area is 176 Å².